The molecule has 0 bridgehead atoms. The van der Waals surface area contributed by atoms with Crippen molar-refractivity contribution in [1.29, 1.82) is 0 Å². The second kappa shape index (κ2) is 7.25. The SMILES string of the molecule is CC.CS(=O)c1cccc(-c2cc(=O)[nH]c3c2oc2ccc(F)cc23)c1. The molecule has 6 heteroatoms. The van der Waals surface area contributed by atoms with Crippen molar-refractivity contribution < 1.29 is 13.0 Å². The fraction of sp³-hybridized carbons (Fsp3) is 0.150. The van der Waals surface area contributed by atoms with Crippen molar-refractivity contribution in [3.63, 3.8) is 0 Å². The maximum atomic E-state index is 13.5. The summed E-state index contributed by atoms with van der Waals surface area (Å²) < 4.78 is 31.1. The predicted octanol–water partition coefficient (Wildman–Crippen LogP) is 4.84. The van der Waals surface area contributed by atoms with Gasteiger partial charge in [0.2, 0.25) is 5.56 Å². The molecule has 2 heterocycles. The molecule has 0 radical (unpaired) electrons. The maximum Gasteiger partial charge on any atom is 0.249 e. The number of benzene rings is 2. The van der Waals surface area contributed by atoms with E-state index in [-0.39, 0.29) is 5.56 Å². The number of aromatic nitrogens is 1. The number of rotatable bonds is 2. The Balaban J connectivity index is 0.000000948. The second-order valence-corrected chi connectivity index (χ2v) is 6.86. The van der Waals surface area contributed by atoms with E-state index in [0.29, 0.717) is 32.5 Å². The van der Waals surface area contributed by atoms with Crippen LogP contribution in [0.4, 0.5) is 4.39 Å². The van der Waals surface area contributed by atoms with Crippen LogP contribution >= 0.6 is 0 Å². The molecule has 0 aliphatic heterocycles. The van der Waals surface area contributed by atoms with Crippen molar-refractivity contribution in [3.05, 3.63) is 64.7 Å². The molecule has 0 saturated carbocycles. The molecule has 0 saturated heterocycles. The van der Waals surface area contributed by atoms with Crippen LogP contribution in [0.5, 0.6) is 0 Å². The number of aromatic amines is 1. The molecule has 0 fully saturated rings. The minimum atomic E-state index is -1.14. The molecule has 4 rings (SSSR count). The highest BCUT2D eigenvalue weighted by Crippen LogP contribution is 2.34. The topological polar surface area (TPSA) is 63.1 Å². The van der Waals surface area contributed by atoms with E-state index in [4.69, 9.17) is 4.42 Å². The Morgan fingerprint density at radius 1 is 1.08 bits per heavy atom. The van der Waals surface area contributed by atoms with E-state index in [1.807, 2.05) is 19.9 Å². The molecule has 4 nitrogen and oxygen atoms in total. The first kappa shape index (κ1) is 18.1. The summed E-state index contributed by atoms with van der Waals surface area (Å²) in [5.74, 6) is -0.403. The number of fused-ring (bicyclic) bond motifs is 3. The molecule has 2 aromatic heterocycles. The Labute approximate surface area is 152 Å². The highest BCUT2D eigenvalue weighted by atomic mass is 32.2. The Bertz CT molecular complexity index is 1180. The average Bonchev–Trinajstić information content (AvgIpc) is 3.00. The minimum absolute atomic E-state index is 0.313. The van der Waals surface area contributed by atoms with Gasteiger partial charge in [-0.3, -0.25) is 9.00 Å². The van der Waals surface area contributed by atoms with Crippen LogP contribution in [-0.2, 0) is 10.8 Å². The van der Waals surface area contributed by atoms with Crippen LogP contribution in [0, 0.1) is 5.82 Å². The summed E-state index contributed by atoms with van der Waals surface area (Å²) in [4.78, 5) is 15.4. The maximum absolute atomic E-state index is 13.5. The molecule has 134 valence electrons. The van der Waals surface area contributed by atoms with Crippen LogP contribution in [0.1, 0.15) is 13.8 Å². The number of pyridine rings is 1. The first-order valence-corrected chi connectivity index (χ1v) is 9.78. The zero-order valence-corrected chi connectivity index (χ0v) is 15.4. The lowest BCUT2D eigenvalue weighted by Gasteiger charge is -2.04. The summed E-state index contributed by atoms with van der Waals surface area (Å²) in [6.45, 7) is 4.00. The average molecular weight is 371 g/mol. The van der Waals surface area contributed by atoms with E-state index >= 15 is 0 Å². The summed E-state index contributed by atoms with van der Waals surface area (Å²) in [5, 5.41) is 0.513. The number of hydrogen-bond donors (Lipinski definition) is 1. The van der Waals surface area contributed by atoms with Gasteiger partial charge < -0.3 is 9.40 Å². The molecule has 1 unspecified atom stereocenters. The second-order valence-electron chi connectivity index (χ2n) is 5.48. The lowest BCUT2D eigenvalue weighted by molar-refractivity contribution is 0.626. The van der Waals surface area contributed by atoms with Crippen molar-refractivity contribution >= 4 is 32.9 Å². The van der Waals surface area contributed by atoms with Gasteiger partial charge in [0.05, 0.1) is 5.52 Å². The molecule has 0 aliphatic carbocycles. The monoisotopic (exact) mass is 371 g/mol. The third kappa shape index (κ3) is 3.20. The van der Waals surface area contributed by atoms with Gasteiger partial charge >= 0.3 is 0 Å². The van der Waals surface area contributed by atoms with Crippen LogP contribution in [0.3, 0.4) is 0 Å². The van der Waals surface area contributed by atoms with Gasteiger partial charge in [0.25, 0.3) is 0 Å². The Morgan fingerprint density at radius 2 is 1.85 bits per heavy atom. The highest BCUT2D eigenvalue weighted by Gasteiger charge is 2.15. The van der Waals surface area contributed by atoms with Crippen molar-refractivity contribution in [1.82, 2.24) is 4.98 Å². The number of halogens is 1. The van der Waals surface area contributed by atoms with Crippen LogP contribution in [0.25, 0.3) is 33.2 Å². The van der Waals surface area contributed by atoms with Gasteiger partial charge in [-0.15, -0.1) is 0 Å². The van der Waals surface area contributed by atoms with Crippen molar-refractivity contribution in [2.45, 2.75) is 18.7 Å². The molecule has 0 aliphatic rings. The third-order valence-corrected chi connectivity index (χ3v) is 4.81. The molecule has 1 atom stereocenters. The molecular weight excluding hydrogens is 353 g/mol. The number of furan rings is 1. The van der Waals surface area contributed by atoms with Gasteiger partial charge in [0, 0.05) is 39.0 Å². The molecular formula is C20H18FNO3S. The zero-order valence-electron chi connectivity index (χ0n) is 14.6. The fourth-order valence-corrected chi connectivity index (χ4v) is 3.36. The van der Waals surface area contributed by atoms with E-state index in [1.165, 1.54) is 24.3 Å². The molecule has 2 aromatic carbocycles. The normalized spacial score (nSPS) is 12.0. The molecule has 26 heavy (non-hydrogen) atoms. The van der Waals surface area contributed by atoms with Gasteiger partial charge in [-0.25, -0.2) is 4.39 Å². The van der Waals surface area contributed by atoms with E-state index in [1.54, 1.807) is 24.5 Å². The third-order valence-electron chi connectivity index (χ3n) is 3.90. The lowest BCUT2D eigenvalue weighted by Crippen LogP contribution is -2.04. The summed E-state index contributed by atoms with van der Waals surface area (Å²) in [5.41, 5.74) is 2.40. The van der Waals surface area contributed by atoms with Crippen molar-refractivity contribution in [2.75, 3.05) is 6.26 Å². The zero-order chi connectivity index (χ0) is 18.8. The van der Waals surface area contributed by atoms with Crippen LogP contribution in [0.15, 0.2) is 62.6 Å². The standard InChI is InChI=1S/C18H12FNO3S.C2H6/c1-24(22)12-4-2-3-10(7-12)13-9-16(21)20-17-14-8-11(19)5-6-15(14)23-18(13)17;1-2/h2-9H,1H3,(H,20,21);1-2H3. The lowest BCUT2D eigenvalue weighted by atomic mass is 10.1. The van der Waals surface area contributed by atoms with Crippen molar-refractivity contribution in [2.24, 2.45) is 0 Å². The molecule has 0 amide bonds. The van der Waals surface area contributed by atoms with Crippen LogP contribution in [-0.4, -0.2) is 15.4 Å². The van der Waals surface area contributed by atoms with Gasteiger partial charge in [-0.2, -0.15) is 0 Å². The minimum Gasteiger partial charge on any atom is -0.454 e. The van der Waals surface area contributed by atoms with Gasteiger partial charge in [-0.1, -0.05) is 26.0 Å². The predicted molar refractivity (Wildman–Crippen MR) is 103 cm³/mol. The summed E-state index contributed by atoms with van der Waals surface area (Å²) in [6.07, 6.45) is 1.59. The smallest absolute Gasteiger partial charge is 0.249 e. The Hall–Kier alpha value is -2.73. The van der Waals surface area contributed by atoms with E-state index in [9.17, 15) is 13.4 Å². The van der Waals surface area contributed by atoms with Crippen LogP contribution in [0.2, 0.25) is 0 Å². The number of nitrogens with one attached hydrogen (secondary N) is 1. The highest BCUT2D eigenvalue weighted by molar-refractivity contribution is 7.84. The van der Waals surface area contributed by atoms with Crippen molar-refractivity contribution in [3.8, 4) is 11.1 Å². The van der Waals surface area contributed by atoms with E-state index < -0.39 is 16.6 Å². The van der Waals surface area contributed by atoms with E-state index in [0.717, 1.165) is 5.56 Å². The van der Waals surface area contributed by atoms with Gasteiger partial charge in [-0.05, 0) is 35.9 Å². The van der Waals surface area contributed by atoms with Crippen LogP contribution < -0.4 is 5.56 Å². The fourth-order valence-electron chi connectivity index (χ4n) is 2.80. The Kier molecular flexibility index (Phi) is 5.04. The summed E-state index contributed by atoms with van der Waals surface area (Å²) in [6, 6.07) is 12.7. The Morgan fingerprint density at radius 3 is 2.58 bits per heavy atom. The number of H-pyrrole nitrogens is 1. The summed E-state index contributed by atoms with van der Waals surface area (Å²) >= 11 is 0. The first-order valence-electron chi connectivity index (χ1n) is 8.22. The molecule has 0 spiro atoms. The van der Waals surface area contributed by atoms with Gasteiger partial charge in [0.15, 0.2) is 5.58 Å². The van der Waals surface area contributed by atoms with Gasteiger partial charge in [0.1, 0.15) is 11.4 Å². The molecule has 1 N–H and O–H groups in total. The quantitative estimate of drug-likeness (QED) is 0.548. The largest absolute Gasteiger partial charge is 0.454 e. The first-order chi connectivity index (χ1) is 12.5. The summed E-state index contributed by atoms with van der Waals surface area (Å²) in [7, 11) is -1.14. The molecule has 4 aromatic rings. The number of hydrogen-bond acceptors (Lipinski definition) is 3. The van der Waals surface area contributed by atoms with E-state index in [2.05, 4.69) is 4.98 Å².